The van der Waals surface area contributed by atoms with Gasteiger partial charge in [0.05, 0.1) is 5.41 Å². The van der Waals surface area contributed by atoms with Gasteiger partial charge in [-0.25, -0.2) is 4.98 Å². The number of pyridine rings is 1. The highest BCUT2D eigenvalue weighted by Gasteiger charge is 2.24. The number of nitrogen functional groups attached to an aromatic ring is 1. The van der Waals surface area contributed by atoms with Crippen molar-refractivity contribution in [2.75, 3.05) is 6.61 Å². The molecule has 0 atom stereocenters. The first-order valence-corrected chi connectivity index (χ1v) is 7.76. The number of aromatic nitrogens is 1. The summed E-state index contributed by atoms with van der Waals surface area (Å²) >= 11 is 0. The van der Waals surface area contributed by atoms with Gasteiger partial charge >= 0.3 is 0 Å². The van der Waals surface area contributed by atoms with Gasteiger partial charge in [0.25, 0.3) is 0 Å². The number of nitrogens with zero attached hydrogens (tertiary/aromatic N) is 1. The Morgan fingerprint density at radius 2 is 1.92 bits per heavy atom. The first-order chi connectivity index (χ1) is 11.2. The second kappa shape index (κ2) is 6.83. The van der Waals surface area contributed by atoms with E-state index >= 15 is 0 Å². The summed E-state index contributed by atoms with van der Waals surface area (Å²) in [6.07, 6.45) is 1.76. The molecule has 5 heteroatoms. The zero-order chi connectivity index (χ0) is 17.9. The molecule has 3 N–H and O–H groups in total. The van der Waals surface area contributed by atoms with Crippen molar-refractivity contribution in [3.8, 4) is 17.0 Å². The van der Waals surface area contributed by atoms with E-state index in [0.29, 0.717) is 18.1 Å². The average Bonchev–Trinajstić information content (AvgIpc) is 2.53. The van der Waals surface area contributed by atoms with Crippen LogP contribution >= 0.6 is 0 Å². The Balaban J connectivity index is 2.18. The summed E-state index contributed by atoms with van der Waals surface area (Å²) in [5.41, 5.74) is 8.65. The number of ether oxygens (including phenoxy) is 1. The average molecular weight is 325 g/mol. The van der Waals surface area contributed by atoms with Crippen LogP contribution in [-0.2, 0) is 4.79 Å². The van der Waals surface area contributed by atoms with Crippen molar-refractivity contribution >= 4 is 11.6 Å². The maximum Gasteiger partial charge on any atom is 0.213 e. The number of hydrogen-bond donors (Lipinski definition) is 2. The second-order valence-corrected chi connectivity index (χ2v) is 6.56. The van der Waals surface area contributed by atoms with Gasteiger partial charge in [0, 0.05) is 23.4 Å². The summed E-state index contributed by atoms with van der Waals surface area (Å²) in [6, 6.07) is 9.33. The summed E-state index contributed by atoms with van der Waals surface area (Å²) in [6.45, 7) is 7.55. The predicted molar refractivity (Wildman–Crippen MR) is 95.4 cm³/mol. The van der Waals surface area contributed by atoms with Crippen LogP contribution < -0.4 is 10.5 Å². The molecule has 1 aromatic carbocycles. The molecule has 0 radical (unpaired) electrons. The molecular weight excluding hydrogens is 302 g/mol. The van der Waals surface area contributed by atoms with E-state index in [4.69, 9.17) is 15.9 Å². The molecule has 2 aromatic rings. The number of Topliss-reactive ketones (excluding diaryl/α,β-unsaturated/α-hetero) is 1. The summed E-state index contributed by atoms with van der Waals surface area (Å²) in [4.78, 5) is 15.9. The lowest BCUT2D eigenvalue weighted by atomic mass is 9.90. The van der Waals surface area contributed by atoms with Gasteiger partial charge in [0.15, 0.2) is 0 Å². The highest BCUT2D eigenvalue weighted by molar-refractivity contribution is 5.95. The molecule has 0 aliphatic heterocycles. The monoisotopic (exact) mass is 325 g/mol. The molecule has 0 amide bonds. The molecule has 0 aliphatic carbocycles. The smallest absolute Gasteiger partial charge is 0.213 e. The van der Waals surface area contributed by atoms with E-state index in [0.717, 1.165) is 16.7 Å². The van der Waals surface area contributed by atoms with Crippen molar-refractivity contribution < 1.29 is 9.53 Å². The van der Waals surface area contributed by atoms with E-state index in [2.05, 4.69) is 4.98 Å². The minimum Gasteiger partial charge on any atom is -0.477 e. The molecule has 2 rings (SSSR count). The Bertz CT molecular complexity index is 765. The third-order valence-corrected chi connectivity index (χ3v) is 4.13. The van der Waals surface area contributed by atoms with Gasteiger partial charge in [-0.2, -0.15) is 0 Å². The molecule has 0 aliphatic rings. The first-order valence-electron chi connectivity index (χ1n) is 7.76. The topological polar surface area (TPSA) is 89.1 Å². The van der Waals surface area contributed by atoms with E-state index in [1.807, 2.05) is 51.1 Å². The Hall–Kier alpha value is -2.69. The highest BCUT2D eigenvalue weighted by atomic mass is 16.5. The molecule has 0 bridgehead atoms. The molecule has 0 saturated carbocycles. The molecular formula is C19H23N3O2. The SMILES string of the molecule is CC(=O)C(C)(C)COc1cc(C)c(-c2ccc(C(=N)N)cc2)cn1. The third kappa shape index (κ3) is 3.98. The van der Waals surface area contributed by atoms with Crippen molar-refractivity contribution in [2.45, 2.75) is 27.7 Å². The van der Waals surface area contributed by atoms with Crippen LogP contribution in [0.3, 0.4) is 0 Å². The Morgan fingerprint density at radius 1 is 1.29 bits per heavy atom. The van der Waals surface area contributed by atoms with Crippen LogP contribution in [0.5, 0.6) is 5.88 Å². The van der Waals surface area contributed by atoms with Crippen molar-refractivity contribution in [3.63, 3.8) is 0 Å². The number of amidine groups is 1. The number of aryl methyl sites for hydroxylation is 1. The van der Waals surface area contributed by atoms with E-state index < -0.39 is 5.41 Å². The molecule has 0 fully saturated rings. The number of ketones is 1. The number of carbonyl (C=O) groups excluding carboxylic acids is 1. The van der Waals surface area contributed by atoms with Crippen LogP contribution in [0.15, 0.2) is 36.5 Å². The second-order valence-electron chi connectivity index (χ2n) is 6.56. The van der Waals surface area contributed by atoms with Gasteiger partial charge in [-0.1, -0.05) is 24.3 Å². The van der Waals surface area contributed by atoms with Gasteiger partial charge in [-0.15, -0.1) is 0 Å². The standard InChI is InChI=1S/C19H23N3O2/c1-12-9-17(24-11-19(3,4)13(2)23)22-10-16(12)14-5-7-15(8-6-14)18(20)21/h5-10H,11H2,1-4H3,(H3,20,21). The van der Waals surface area contributed by atoms with E-state index in [9.17, 15) is 4.79 Å². The molecule has 24 heavy (non-hydrogen) atoms. The fraction of sp³-hybridized carbons (Fsp3) is 0.316. The van der Waals surface area contributed by atoms with Gasteiger partial charge in [-0.05, 0) is 38.8 Å². The number of nitrogens with one attached hydrogen (secondary N) is 1. The molecule has 5 nitrogen and oxygen atoms in total. The minimum atomic E-state index is -0.531. The summed E-state index contributed by atoms with van der Waals surface area (Å²) in [7, 11) is 0. The van der Waals surface area contributed by atoms with Crippen molar-refractivity contribution in [1.82, 2.24) is 4.98 Å². The third-order valence-electron chi connectivity index (χ3n) is 4.13. The lowest BCUT2D eigenvalue weighted by Crippen LogP contribution is -2.29. The Labute approximate surface area is 142 Å². The molecule has 126 valence electrons. The zero-order valence-electron chi connectivity index (χ0n) is 14.5. The van der Waals surface area contributed by atoms with E-state index in [-0.39, 0.29) is 11.6 Å². The summed E-state index contributed by atoms with van der Waals surface area (Å²) in [5.74, 6) is 0.639. The van der Waals surface area contributed by atoms with Crippen LogP contribution in [0.2, 0.25) is 0 Å². The Kier molecular flexibility index (Phi) is 5.02. The van der Waals surface area contributed by atoms with Gasteiger partial charge in [0.2, 0.25) is 5.88 Å². The first kappa shape index (κ1) is 17.7. The Morgan fingerprint density at radius 3 is 2.42 bits per heavy atom. The summed E-state index contributed by atoms with van der Waals surface area (Å²) < 4.78 is 5.68. The lowest BCUT2D eigenvalue weighted by molar-refractivity contribution is -0.126. The zero-order valence-corrected chi connectivity index (χ0v) is 14.5. The van der Waals surface area contributed by atoms with Crippen LogP contribution in [0.25, 0.3) is 11.1 Å². The van der Waals surface area contributed by atoms with Crippen molar-refractivity contribution in [1.29, 1.82) is 5.41 Å². The number of rotatable bonds is 6. The van der Waals surface area contributed by atoms with Crippen LogP contribution in [-0.4, -0.2) is 23.2 Å². The van der Waals surface area contributed by atoms with Crippen LogP contribution in [0.4, 0.5) is 0 Å². The quantitative estimate of drug-likeness (QED) is 0.629. The minimum absolute atomic E-state index is 0.0493. The normalized spacial score (nSPS) is 11.2. The fourth-order valence-electron chi connectivity index (χ4n) is 2.10. The van der Waals surface area contributed by atoms with Crippen LogP contribution in [0.1, 0.15) is 31.9 Å². The number of benzene rings is 1. The molecule has 1 heterocycles. The fourth-order valence-corrected chi connectivity index (χ4v) is 2.10. The number of hydrogen-bond acceptors (Lipinski definition) is 4. The highest BCUT2D eigenvalue weighted by Crippen LogP contribution is 2.26. The van der Waals surface area contributed by atoms with Crippen molar-refractivity contribution in [3.05, 3.63) is 47.7 Å². The van der Waals surface area contributed by atoms with E-state index in [1.165, 1.54) is 0 Å². The predicted octanol–water partition coefficient (Wildman–Crippen LogP) is 3.34. The maximum absolute atomic E-state index is 11.5. The summed E-state index contributed by atoms with van der Waals surface area (Å²) in [5, 5.41) is 7.43. The number of carbonyl (C=O) groups is 1. The maximum atomic E-state index is 11.5. The lowest BCUT2D eigenvalue weighted by Gasteiger charge is -2.21. The van der Waals surface area contributed by atoms with Gasteiger partial charge in [0.1, 0.15) is 18.2 Å². The largest absolute Gasteiger partial charge is 0.477 e. The van der Waals surface area contributed by atoms with E-state index in [1.54, 1.807) is 13.1 Å². The van der Waals surface area contributed by atoms with Gasteiger partial charge < -0.3 is 10.5 Å². The van der Waals surface area contributed by atoms with Crippen molar-refractivity contribution in [2.24, 2.45) is 11.1 Å². The molecule has 0 saturated heterocycles. The van der Waals surface area contributed by atoms with Crippen LogP contribution in [0, 0.1) is 17.7 Å². The molecule has 0 spiro atoms. The molecule has 1 aromatic heterocycles. The molecule has 0 unspecified atom stereocenters. The number of nitrogens with two attached hydrogens (primary N) is 1. The van der Waals surface area contributed by atoms with Gasteiger partial charge in [-0.3, -0.25) is 10.2 Å².